The van der Waals surface area contributed by atoms with Crippen LogP contribution in [-0.4, -0.2) is 46.6 Å². The highest BCUT2D eigenvalue weighted by Gasteiger charge is 2.31. The van der Waals surface area contributed by atoms with E-state index in [9.17, 15) is 8.42 Å². The van der Waals surface area contributed by atoms with E-state index in [2.05, 4.69) is 16.5 Å². The molecule has 0 radical (unpaired) electrons. The molecular formula is C13H20N2O3S. The van der Waals surface area contributed by atoms with Gasteiger partial charge in [0.2, 0.25) is 10.0 Å². The van der Waals surface area contributed by atoms with Gasteiger partial charge < -0.3 is 9.64 Å². The maximum atomic E-state index is 12.3. The number of likely N-dealkylation sites (tertiary alicyclic amines) is 1. The van der Waals surface area contributed by atoms with E-state index in [1.807, 2.05) is 7.05 Å². The molecule has 0 saturated carbocycles. The van der Waals surface area contributed by atoms with Crippen LogP contribution in [0.1, 0.15) is 6.92 Å². The Morgan fingerprint density at radius 3 is 2.37 bits per heavy atom. The number of sulfonamides is 1. The minimum Gasteiger partial charge on any atom is -0.497 e. The quantitative estimate of drug-likeness (QED) is 0.893. The summed E-state index contributed by atoms with van der Waals surface area (Å²) < 4.78 is 32.3. The van der Waals surface area contributed by atoms with E-state index in [4.69, 9.17) is 4.74 Å². The molecule has 1 aliphatic heterocycles. The molecule has 1 fully saturated rings. The normalized spacial score (nSPS) is 24.6. The average Bonchev–Trinajstić information content (AvgIpc) is 2.67. The van der Waals surface area contributed by atoms with Crippen molar-refractivity contribution in [3.8, 4) is 5.75 Å². The van der Waals surface area contributed by atoms with E-state index >= 15 is 0 Å². The summed E-state index contributed by atoms with van der Waals surface area (Å²) in [5.41, 5.74) is 0. The molecule has 1 heterocycles. The minimum atomic E-state index is -3.46. The molecule has 19 heavy (non-hydrogen) atoms. The summed E-state index contributed by atoms with van der Waals surface area (Å²) >= 11 is 0. The molecule has 1 aliphatic rings. The fourth-order valence-corrected chi connectivity index (χ4v) is 3.72. The first kappa shape index (κ1) is 14.3. The molecule has 0 bridgehead atoms. The van der Waals surface area contributed by atoms with Crippen LogP contribution in [0.5, 0.6) is 5.75 Å². The third-order valence-corrected chi connectivity index (χ3v) is 4.98. The lowest BCUT2D eigenvalue weighted by Gasteiger charge is -2.16. The molecule has 6 heteroatoms. The van der Waals surface area contributed by atoms with Crippen molar-refractivity contribution in [3.63, 3.8) is 0 Å². The third-order valence-electron chi connectivity index (χ3n) is 3.47. The number of ether oxygens (including phenoxy) is 1. The lowest BCUT2D eigenvalue weighted by atomic mass is 10.1. The molecule has 0 aliphatic carbocycles. The zero-order valence-electron chi connectivity index (χ0n) is 11.5. The van der Waals surface area contributed by atoms with Crippen molar-refractivity contribution < 1.29 is 13.2 Å². The zero-order chi connectivity index (χ0) is 14.0. The van der Waals surface area contributed by atoms with Crippen molar-refractivity contribution in [3.05, 3.63) is 24.3 Å². The molecular weight excluding hydrogens is 264 g/mol. The van der Waals surface area contributed by atoms with Crippen molar-refractivity contribution in [2.24, 2.45) is 5.92 Å². The molecule has 0 amide bonds. The predicted molar refractivity (Wildman–Crippen MR) is 73.8 cm³/mol. The van der Waals surface area contributed by atoms with Gasteiger partial charge in [-0.15, -0.1) is 0 Å². The topological polar surface area (TPSA) is 58.6 Å². The van der Waals surface area contributed by atoms with Crippen LogP contribution >= 0.6 is 0 Å². The molecule has 1 aromatic rings. The Morgan fingerprint density at radius 2 is 1.89 bits per heavy atom. The van der Waals surface area contributed by atoms with Gasteiger partial charge in [0.05, 0.1) is 12.0 Å². The Bertz CT molecular complexity index is 527. The number of benzene rings is 1. The van der Waals surface area contributed by atoms with Crippen LogP contribution in [-0.2, 0) is 10.0 Å². The summed E-state index contributed by atoms with van der Waals surface area (Å²) in [7, 11) is 0.0943. The van der Waals surface area contributed by atoms with Gasteiger partial charge in [0.1, 0.15) is 5.75 Å². The van der Waals surface area contributed by atoms with Crippen molar-refractivity contribution in [1.82, 2.24) is 9.62 Å². The number of rotatable bonds is 4. The Labute approximate surface area is 114 Å². The molecule has 1 aromatic carbocycles. The Morgan fingerprint density at radius 1 is 1.26 bits per heavy atom. The van der Waals surface area contributed by atoms with Gasteiger partial charge >= 0.3 is 0 Å². The van der Waals surface area contributed by atoms with E-state index in [1.54, 1.807) is 31.4 Å². The Hall–Kier alpha value is -1.11. The van der Waals surface area contributed by atoms with Gasteiger partial charge in [0, 0.05) is 19.1 Å². The highest BCUT2D eigenvalue weighted by Crippen LogP contribution is 2.19. The Kier molecular flexibility index (Phi) is 4.13. The van der Waals surface area contributed by atoms with Crippen molar-refractivity contribution in [2.75, 3.05) is 27.2 Å². The van der Waals surface area contributed by atoms with Crippen molar-refractivity contribution >= 4 is 10.0 Å². The number of hydrogen-bond acceptors (Lipinski definition) is 4. The maximum absolute atomic E-state index is 12.3. The predicted octanol–water partition coefficient (Wildman–Crippen LogP) is 0.924. The van der Waals surface area contributed by atoms with E-state index < -0.39 is 10.0 Å². The molecule has 0 aromatic heterocycles. The van der Waals surface area contributed by atoms with E-state index in [1.165, 1.54) is 0 Å². The third kappa shape index (κ3) is 3.26. The van der Waals surface area contributed by atoms with Crippen LogP contribution in [0.15, 0.2) is 29.2 Å². The van der Waals surface area contributed by atoms with E-state index in [0.29, 0.717) is 11.7 Å². The SMILES string of the molecule is COc1ccc(S(=O)(=O)N[C@H]2CN(C)C[C@@H]2C)cc1. The summed E-state index contributed by atoms with van der Waals surface area (Å²) in [4.78, 5) is 2.40. The van der Waals surface area contributed by atoms with Gasteiger partial charge in [0.25, 0.3) is 0 Å². The summed E-state index contributed by atoms with van der Waals surface area (Å²) in [6.45, 7) is 3.72. The van der Waals surface area contributed by atoms with Gasteiger partial charge in [0.15, 0.2) is 0 Å². The molecule has 0 spiro atoms. The number of nitrogens with zero attached hydrogens (tertiary/aromatic N) is 1. The van der Waals surface area contributed by atoms with Crippen LogP contribution < -0.4 is 9.46 Å². The second kappa shape index (κ2) is 5.48. The standard InChI is InChI=1S/C13H20N2O3S/c1-10-8-15(2)9-13(10)14-19(16,17)12-6-4-11(18-3)5-7-12/h4-7,10,13-14H,8-9H2,1-3H3/t10-,13-/m0/s1. The van der Waals surface area contributed by atoms with Crippen molar-refractivity contribution in [1.29, 1.82) is 0 Å². The van der Waals surface area contributed by atoms with Crippen LogP contribution in [0.3, 0.4) is 0 Å². The van der Waals surface area contributed by atoms with Gasteiger partial charge in [-0.3, -0.25) is 0 Å². The lowest BCUT2D eigenvalue weighted by molar-refractivity contribution is 0.400. The van der Waals surface area contributed by atoms with Gasteiger partial charge in [-0.05, 0) is 37.2 Å². The van der Waals surface area contributed by atoms with Crippen molar-refractivity contribution in [2.45, 2.75) is 17.9 Å². The molecule has 1 N–H and O–H groups in total. The first-order chi connectivity index (χ1) is 8.92. The maximum Gasteiger partial charge on any atom is 0.240 e. The number of nitrogens with one attached hydrogen (secondary N) is 1. The fourth-order valence-electron chi connectivity index (χ4n) is 2.38. The van der Waals surface area contributed by atoms with E-state index in [-0.39, 0.29) is 10.9 Å². The molecule has 0 unspecified atom stereocenters. The first-order valence-corrected chi connectivity index (χ1v) is 7.75. The van der Waals surface area contributed by atoms with Gasteiger partial charge in [-0.2, -0.15) is 0 Å². The number of methoxy groups -OCH3 is 1. The summed E-state index contributed by atoms with van der Waals surface area (Å²) in [6, 6.07) is 6.39. The van der Waals surface area contributed by atoms with Crippen LogP contribution in [0, 0.1) is 5.92 Å². The van der Waals surface area contributed by atoms with Crippen LogP contribution in [0.2, 0.25) is 0 Å². The van der Waals surface area contributed by atoms with E-state index in [0.717, 1.165) is 13.1 Å². The Balaban J connectivity index is 2.13. The molecule has 2 atom stereocenters. The monoisotopic (exact) mass is 284 g/mol. The summed E-state index contributed by atoms with van der Waals surface area (Å²) in [5.74, 6) is 0.964. The second-order valence-corrected chi connectivity index (χ2v) is 6.82. The molecule has 106 valence electrons. The average molecular weight is 284 g/mol. The highest BCUT2D eigenvalue weighted by atomic mass is 32.2. The highest BCUT2D eigenvalue weighted by molar-refractivity contribution is 7.89. The zero-order valence-corrected chi connectivity index (χ0v) is 12.3. The minimum absolute atomic E-state index is 0.0305. The molecule has 2 rings (SSSR count). The lowest BCUT2D eigenvalue weighted by Crippen LogP contribution is -2.39. The number of hydrogen-bond donors (Lipinski definition) is 1. The molecule has 5 nitrogen and oxygen atoms in total. The number of likely N-dealkylation sites (N-methyl/N-ethyl adjacent to an activating group) is 1. The smallest absolute Gasteiger partial charge is 0.240 e. The first-order valence-electron chi connectivity index (χ1n) is 6.27. The summed E-state index contributed by atoms with van der Waals surface area (Å²) in [6.07, 6.45) is 0. The van der Waals surface area contributed by atoms with Gasteiger partial charge in [-0.1, -0.05) is 6.92 Å². The molecule has 1 saturated heterocycles. The van der Waals surface area contributed by atoms with Crippen LogP contribution in [0.4, 0.5) is 0 Å². The van der Waals surface area contributed by atoms with Gasteiger partial charge in [-0.25, -0.2) is 13.1 Å². The summed E-state index contributed by atoms with van der Waals surface area (Å²) in [5, 5.41) is 0. The van der Waals surface area contributed by atoms with Crippen LogP contribution in [0.25, 0.3) is 0 Å². The second-order valence-electron chi connectivity index (χ2n) is 5.10. The largest absolute Gasteiger partial charge is 0.497 e. The fraction of sp³-hybridized carbons (Fsp3) is 0.538.